The first-order chi connectivity index (χ1) is 7.70. The lowest BCUT2D eigenvalue weighted by Gasteiger charge is -2.04. The highest BCUT2D eigenvalue weighted by molar-refractivity contribution is 7.10. The van der Waals surface area contributed by atoms with Crippen molar-refractivity contribution in [2.75, 3.05) is 5.43 Å². The van der Waals surface area contributed by atoms with E-state index in [1.807, 2.05) is 6.92 Å². The molecule has 0 radical (unpaired) electrons. The molecular formula is C8H10N6OS. The SMILES string of the molecule is Cc1cnc(=O)n(Cc2nnsc2NN)c1. The maximum Gasteiger partial charge on any atom is 0.347 e. The van der Waals surface area contributed by atoms with Gasteiger partial charge in [0.15, 0.2) is 0 Å². The van der Waals surface area contributed by atoms with Gasteiger partial charge < -0.3 is 5.43 Å². The van der Waals surface area contributed by atoms with Gasteiger partial charge in [0, 0.05) is 23.9 Å². The van der Waals surface area contributed by atoms with E-state index in [4.69, 9.17) is 5.84 Å². The summed E-state index contributed by atoms with van der Waals surface area (Å²) in [4.78, 5) is 15.2. The molecule has 2 aromatic rings. The Hall–Kier alpha value is -1.80. The first-order valence-corrected chi connectivity index (χ1v) is 5.29. The zero-order valence-electron chi connectivity index (χ0n) is 8.54. The van der Waals surface area contributed by atoms with Gasteiger partial charge in [0.2, 0.25) is 0 Å². The summed E-state index contributed by atoms with van der Waals surface area (Å²) in [5.41, 5.74) is 3.70. The Bertz CT molecular complexity index is 547. The summed E-state index contributed by atoms with van der Waals surface area (Å²) in [7, 11) is 0. The number of anilines is 1. The molecule has 0 unspecified atom stereocenters. The Morgan fingerprint density at radius 3 is 3.19 bits per heavy atom. The molecule has 0 bridgehead atoms. The lowest BCUT2D eigenvalue weighted by molar-refractivity contribution is 0.703. The number of nitrogen functional groups attached to an aromatic ring is 1. The van der Waals surface area contributed by atoms with Crippen LogP contribution in [0.25, 0.3) is 0 Å². The van der Waals surface area contributed by atoms with Crippen molar-refractivity contribution in [2.45, 2.75) is 13.5 Å². The summed E-state index contributed by atoms with van der Waals surface area (Å²) in [5.74, 6) is 5.29. The van der Waals surface area contributed by atoms with Crippen molar-refractivity contribution in [1.29, 1.82) is 0 Å². The fourth-order valence-corrected chi connectivity index (χ4v) is 1.75. The fourth-order valence-electron chi connectivity index (χ4n) is 1.26. The minimum absolute atomic E-state index is 0.309. The minimum atomic E-state index is -0.318. The molecule has 8 heteroatoms. The van der Waals surface area contributed by atoms with Gasteiger partial charge in [0.25, 0.3) is 0 Å². The molecule has 3 N–H and O–H groups in total. The Morgan fingerprint density at radius 1 is 1.62 bits per heavy atom. The quantitative estimate of drug-likeness (QED) is 0.564. The number of aromatic nitrogens is 4. The van der Waals surface area contributed by atoms with Crippen LogP contribution in [0.2, 0.25) is 0 Å². The summed E-state index contributed by atoms with van der Waals surface area (Å²) >= 11 is 1.15. The molecule has 2 heterocycles. The monoisotopic (exact) mass is 238 g/mol. The largest absolute Gasteiger partial charge is 0.347 e. The zero-order valence-corrected chi connectivity index (χ0v) is 9.36. The van der Waals surface area contributed by atoms with E-state index in [2.05, 4.69) is 20.0 Å². The predicted molar refractivity (Wildman–Crippen MR) is 60.1 cm³/mol. The van der Waals surface area contributed by atoms with Crippen LogP contribution in [-0.2, 0) is 6.54 Å². The molecule has 16 heavy (non-hydrogen) atoms. The second-order valence-corrected chi connectivity index (χ2v) is 3.99. The number of nitrogens with one attached hydrogen (secondary N) is 1. The van der Waals surface area contributed by atoms with E-state index in [1.165, 1.54) is 10.8 Å². The Kier molecular flexibility index (Phi) is 2.93. The number of hydrazine groups is 1. The normalized spacial score (nSPS) is 10.4. The van der Waals surface area contributed by atoms with Gasteiger partial charge in [-0.2, -0.15) is 0 Å². The molecule has 0 aliphatic rings. The molecule has 0 atom stereocenters. The molecule has 0 spiro atoms. The first-order valence-electron chi connectivity index (χ1n) is 4.51. The number of hydrogen-bond donors (Lipinski definition) is 2. The van der Waals surface area contributed by atoms with E-state index in [-0.39, 0.29) is 5.69 Å². The average Bonchev–Trinajstić information content (AvgIpc) is 2.71. The number of nitrogens with two attached hydrogens (primary N) is 1. The predicted octanol–water partition coefficient (Wildman–Crippen LogP) is -0.263. The van der Waals surface area contributed by atoms with Gasteiger partial charge in [0.1, 0.15) is 10.7 Å². The third kappa shape index (κ3) is 2.07. The molecule has 0 aliphatic heterocycles. The molecule has 0 aliphatic carbocycles. The standard InChI is InChI=1S/C8H10N6OS/c1-5-2-10-8(15)14(3-5)4-6-7(11-9)16-13-12-6/h2-3,11H,4,9H2,1H3. The molecule has 2 rings (SSSR count). The number of rotatable bonds is 3. The summed E-state index contributed by atoms with van der Waals surface area (Å²) in [6.07, 6.45) is 3.25. The molecule has 0 saturated heterocycles. The molecule has 0 fully saturated rings. The van der Waals surface area contributed by atoms with Crippen LogP contribution in [0.1, 0.15) is 11.3 Å². The fraction of sp³-hybridized carbons (Fsp3) is 0.250. The van der Waals surface area contributed by atoms with Gasteiger partial charge in [-0.25, -0.2) is 15.6 Å². The molecular weight excluding hydrogens is 228 g/mol. The first kappa shape index (κ1) is 10.7. The Balaban J connectivity index is 2.33. The van der Waals surface area contributed by atoms with Crippen LogP contribution in [0.3, 0.4) is 0 Å². The highest BCUT2D eigenvalue weighted by Crippen LogP contribution is 2.16. The van der Waals surface area contributed by atoms with Crippen molar-refractivity contribution in [3.05, 3.63) is 34.1 Å². The third-order valence-electron chi connectivity index (χ3n) is 1.99. The van der Waals surface area contributed by atoms with Crippen LogP contribution in [0.15, 0.2) is 17.2 Å². The maximum atomic E-state index is 11.5. The highest BCUT2D eigenvalue weighted by atomic mass is 32.1. The number of nitrogens with zero attached hydrogens (tertiary/aromatic N) is 4. The summed E-state index contributed by atoms with van der Waals surface area (Å²) in [5, 5.41) is 4.54. The van der Waals surface area contributed by atoms with Crippen molar-refractivity contribution in [1.82, 2.24) is 19.1 Å². The van der Waals surface area contributed by atoms with Gasteiger partial charge in [-0.1, -0.05) is 4.49 Å². The lowest BCUT2D eigenvalue weighted by atomic mass is 10.4. The van der Waals surface area contributed by atoms with Crippen LogP contribution in [0.5, 0.6) is 0 Å². The summed E-state index contributed by atoms with van der Waals surface area (Å²) in [6, 6.07) is 0. The second-order valence-electron chi connectivity index (χ2n) is 3.23. The molecule has 7 nitrogen and oxygen atoms in total. The Morgan fingerprint density at radius 2 is 2.44 bits per heavy atom. The average molecular weight is 238 g/mol. The third-order valence-corrected chi connectivity index (χ3v) is 2.69. The van der Waals surface area contributed by atoms with Crippen molar-refractivity contribution in [3.8, 4) is 0 Å². The summed E-state index contributed by atoms with van der Waals surface area (Å²) in [6.45, 7) is 2.17. The van der Waals surface area contributed by atoms with Crippen molar-refractivity contribution in [3.63, 3.8) is 0 Å². The Labute approximate surface area is 95.1 Å². The zero-order chi connectivity index (χ0) is 11.5. The molecule has 0 amide bonds. The lowest BCUT2D eigenvalue weighted by Crippen LogP contribution is -2.23. The van der Waals surface area contributed by atoms with Crippen LogP contribution < -0.4 is 17.0 Å². The van der Waals surface area contributed by atoms with Crippen molar-refractivity contribution >= 4 is 16.5 Å². The van der Waals surface area contributed by atoms with Gasteiger partial charge in [-0.15, -0.1) is 5.10 Å². The van der Waals surface area contributed by atoms with Crippen LogP contribution in [-0.4, -0.2) is 19.1 Å². The number of aryl methyl sites for hydroxylation is 1. The van der Waals surface area contributed by atoms with Gasteiger partial charge >= 0.3 is 5.69 Å². The molecule has 0 aromatic carbocycles. The topological polar surface area (TPSA) is 98.7 Å². The van der Waals surface area contributed by atoms with Crippen LogP contribution >= 0.6 is 11.5 Å². The van der Waals surface area contributed by atoms with Crippen molar-refractivity contribution < 1.29 is 0 Å². The maximum absolute atomic E-state index is 11.5. The molecule has 84 valence electrons. The van der Waals surface area contributed by atoms with Crippen molar-refractivity contribution in [2.24, 2.45) is 5.84 Å². The van der Waals surface area contributed by atoms with E-state index in [9.17, 15) is 4.79 Å². The van der Waals surface area contributed by atoms with E-state index in [0.29, 0.717) is 17.2 Å². The van der Waals surface area contributed by atoms with E-state index >= 15 is 0 Å². The second kappa shape index (κ2) is 4.37. The van der Waals surface area contributed by atoms with Gasteiger partial charge in [-0.05, 0) is 12.5 Å². The van der Waals surface area contributed by atoms with E-state index in [0.717, 1.165) is 17.1 Å². The molecule has 2 aromatic heterocycles. The minimum Gasteiger partial charge on any atom is -0.313 e. The summed E-state index contributed by atoms with van der Waals surface area (Å²) < 4.78 is 5.22. The van der Waals surface area contributed by atoms with Crippen LogP contribution in [0.4, 0.5) is 5.00 Å². The van der Waals surface area contributed by atoms with E-state index in [1.54, 1.807) is 6.20 Å². The molecule has 0 saturated carbocycles. The smallest absolute Gasteiger partial charge is 0.313 e. The highest BCUT2D eigenvalue weighted by Gasteiger charge is 2.08. The van der Waals surface area contributed by atoms with Crippen LogP contribution in [0, 0.1) is 6.92 Å². The van der Waals surface area contributed by atoms with Gasteiger partial charge in [0.05, 0.1) is 6.54 Å². The number of hydrogen-bond acceptors (Lipinski definition) is 7. The van der Waals surface area contributed by atoms with E-state index < -0.39 is 0 Å². The van der Waals surface area contributed by atoms with Gasteiger partial charge in [-0.3, -0.25) is 4.57 Å².